The zero-order valence-electron chi connectivity index (χ0n) is 28.6. The van der Waals surface area contributed by atoms with Gasteiger partial charge in [0, 0.05) is 35.9 Å². The molecule has 10 heteroatoms. The number of alkyl carbamates (subject to hydrolysis) is 1. The molecule has 0 radical (unpaired) electrons. The number of nitrogens with one attached hydrogen (secondary N) is 3. The van der Waals surface area contributed by atoms with E-state index in [1.54, 1.807) is 20.0 Å². The van der Waals surface area contributed by atoms with Gasteiger partial charge in [-0.1, -0.05) is 97.1 Å². The van der Waals surface area contributed by atoms with Gasteiger partial charge in [0.25, 0.3) is 0 Å². The summed E-state index contributed by atoms with van der Waals surface area (Å²) < 4.78 is 16.6. The molecule has 0 fully saturated rings. The number of rotatable bonds is 14. The normalized spacial score (nSPS) is 13.2. The molecule has 0 unspecified atom stereocenters. The van der Waals surface area contributed by atoms with E-state index in [2.05, 4.69) is 27.8 Å². The lowest BCUT2D eigenvalue weighted by molar-refractivity contribution is -0.152. The molecule has 10 nitrogen and oxygen atoms in total. The molecule has 1 aliphatic rings. The molecule has 4 aromatic carbocycles. The monoisotopic (exact) mass is 687 g/mol. The number of ether oxygens (including phenoxy) is 3. The van der Waals surface area contributed by atoms with Crippen molar-refractivity contribution < 1.29 is 33.4 Å². The zero-order valence-corrected chi connectivity index (χ0v) is 28.6. The first-order chi connectivity index (χ1) is 24.8. The molecule has 1 aliphatic carbocycles. The molecular weight excluding hydrogens is 646 g/mol. The van der Waals surface area contributed by atoms with E-state index < -0.39 is 42.1 Å². The van der Waals surface area contributed by atoms with E-state index in [9.17, 15) is 19.2 Å². The minimum atomic E-state index is -1.17. The van der Waals surface area contributed by atoms with Crippen molar-refractivity contribution in [3.8, 4) is 11.1 Å². The van der Waals surface area contributed by atoms with Crippen LogP contribution in [0.4, 0.5) is 4.79 Å². The van der Waals surface area contributed by atoms with Gasteiger partial charge < -0.3 is 29.8 Å². The Balaban J connectivity index is 1.16. The number of fused-ring (bicyclic) bond motifs is 4. The van der Waals surface area contributed by atoms with Gasteiger partial charge in [-0.05, 0) is 59.7 Å². The van der Waals surface area contributed by atoms with Crippen LogP contribution < -0.4 is 10.6 Å². The molecule has 0 aliphatic heterocycles. The third-order valence-corrected chi connectivity index (χ3v) is 8.88. The van der Waals surface area contributed by atoms with Gasteiger partial charge in [0.2, 0.25) is 5.91 Å². The molecular formula is C41H41N3O7. The number of esters is 2. The summed E-state index contributed by atoms with van der Waals surface area (Å²) in [6, 6.07) is 30.6. The largest absolute Gasteiger partial charge is 0.461 e. The summed E-state index contributed by atoms with van der Waals surface area (Å²) in [7, 11) is 0. The molecule has 5 aromatic rings. The molecule has 0 bridgehead atoms. The maximum Gasteiger partial charge on any atom is 0.407 e. The first-order valence-corrected chi connectivity index (χ1v) is 17.1. The topological polar surface area (TPSA) is 136 Å². The van der Waals surface area contributed by atoms with Crippen molar-refractivity contribution in [2.75, 3.05) is 6.61 Å². The number of H-pyrrole nitrogens is 1. The molecule has 0 saturated heterocycles. The zero-order chi connectivity index (χ0) is 35.7. The molecule has 2 atom stereocenters. The summed E-state index contributed by atoms with van der Waals surface area (Å²) in [4.78, 5) is 56.4. The Hall–Kier alpha value is -5.90. The second-order valence-corrected chi connectivity index (χ2v) is 12.8. The number of benzene rings is 4. The summed E-state index contributed by atoms with van der Waals surface area (Å²) in [5.41, 5.74) is 6.82. The van der Waals surface area contributed by atoms with Crippen molar-refractivity contribution >= 4 is 34.8 Å². The SMILES string of the molecule is CC(C)OC(=O)[C@H](CCC(=O)OCc1ccccc1)NC(=O)[C@H](Cc1c[nH]c2ccccc12)NC(=O)OCC1c2ccccc2-c2ccccc21. The lowest BCUT2D eigenvalue weighted by Crippen LogP contribution is -2.53. The first kappa shape index (κ1) is 34.9. The fraction of sp³-hybridized carbons (Fsp3) is 0.268. The quantitative estimate of drug-likeness (QED) is 0.0887. The first-order valence-electron chi connectivity index (χ1n) is 17.1. The van der Waals surface area contributed by atoms with Gasteiger partial charge in [-0.3, -0.25) is 9.59 Å². The van der Waals surface area contributed by atoms with Crippen LogP contribution in [-0.2, 0) is 41.6 Å². The molecule has 6 rings (SSSR count). The van der Waals surface area contributed by atoms with Crippen LogP contribution in [-0.4, -0.2) is 53.7 Å². The summed E-state index contributed by atoms with van der Waals surface area (Å²) in [5.74, 6) is -2.01. The second-order valence-electron chi connectivity index (χ2n) is 12.8. The predicted octanol–water partition coefficient (Wildman–Crippen LogP) is 6.58. The van der Waals surface area contributed by atoms with E-state index in [1.165, 1.54) is 0 Å². The van der Waals surface area contributed by atoms with Gasteiger partial charge in [0.1, 0.15) is 25.3 Å². The average molecular weight is 688 g/mol. The summed E-state index contributed by atoms with van der Waals surface area (Å²) in [6.07, 6.45) is 0.460. The fourth-order valence-corrected chi connectivity index (χ4v) is 6.42. The highest BCUT2D eigenvalue weighted by Crippen LogP contribution is 2.44. The second kappa shape index (κ2) is 16.2. The van der Waals surface area contributed by atoms with Gasteiger partial charge in [-0.25, -0.2) is 9.59 Å². The number of carbonyl (C=O) groups excluding carboxylic acids is 4. The molecule has 3 N–H and O–H groups in total. The van der Waals surface area contributed by atoms with Crippen LogP contribution in [0.25, 0.3) is 22.0 Å². The maximum atomic E-state index is 14.0. The van der Waals surface area contributed by atoms with E-state index in [-0.39, 0.29) is 38.4 Å². The molecule has 262 valence electrons. The Kier molecular flexibility index (Phi) is 11.1. The highest BCUT2D eigenvalue weighted by atomic mass is 16.6. The van der Waals surface area contributed by atoms with Crippen LogP contribution in [0.1, 0.15) is 54.9 Å². The molecule has 1 aromatic heterocycles. The Bertz CT molecular complexity index is 1960. The third kappa shape index (κ3) is 8.64. The molecule has 2 amide bonds. The smallest absolute Gasteiger partial charge is 0.407 e. The van der Waals surface area contributed by atoms with E-state index in [4.69, 9.17) is 14.2 Å². The standard InChI is InChI=1S/C41H41N3O7/c1-26(2)51-40(47)36(20-21-38(45)49-24-27-12-4-3-5-13-27)43-39(46)37(22-28-23-42-35-19-11-10-14-29(28)35)44-41(48)50-25-34-32-17-8-6-15-30(32)31-16-7-9-18-33(31)34/h3-19,23,26,34,36-37,42H,20-22,24-25H2,1-2H3,(H,43,46)(H,44,48)/t36-,37-/m0/s1. The van der Waals surface area contributed by atoms with Crippen LogP contribution >= 0.6 is 0 Å². The highest BCUT2D eigenvalue weighted by Gasteiger charge is 2.32. The Morgan fingerprint density at radius 1 is 0.745 bits per heavy atom. The highest BCUT2D eigenvalue weighted by molar-refractivity contribution is 5.91. The Morgan fingerprint density at radius 3 is 2.10 bits per heavy atom. The molecule has 1 heterocycles. The van der Waals surface area contributed by atoms with Crippen LogP contribution in [0.5, 0.6) is 0 Å². The van der Waals surface area contributed by atoms with Crippen molar-refractivity contribution in [1.82, 2.24) is 15.6 Å². The summed E-state index contributed by atoms with van der Waals surface area (Å²) >= 11 is 0. The molecule has 0 saturated carbocycles. The van der Waals surface area contributed by atoms with Crippen molar-refractivity contribution in [2.24, 2.45) is 0 Å². The van der Waals surface area contributed by atoms with E-state index in [0.29, 0.717) is 0 Å². The minimum absolute atomic E-state index is 0.0599. The number of carbonyl (C=O) groups is 4. The Morgan fingerprint density at radius 2 is 1.39 bits per heavy atom. The third-order valence-electron chi connectivity index (χ3n) is 8.88. The van der Waals surface area contributed by atoms with Crippen LogP contribution in [0, 0.1) is 0 Å². The number of aromatic amines is 1. The van der Waals surface area contributed by atoms with Crippen LogP contribution in [0.3, 0.4) is 0 Å². The number of hydrogen-bond acceptors (Lipinski definition) is 7. The molecule has 51 heavy (non-hydrogen) atoms. The van der Waals surface area contributed by atoms with Gasteiger partial charge in [0.15, 0.2) is 0 Å². The minimum Gasteiger partial charge on any atom is -0.461 e. The maximum absolute atomic E-state index is 14.0. The number of hydrogen-bond donors (Lipinski definition) is 3. The van der Waals surface area contributed by atoms with Crippen molar-refractivity contribution in [3.63, 3.8) is 0 Å². The van der Waals surface area contributed by atoms with Crippen molar-refractivity contribution in [3.05, 3.63) is 132 Å². The number of para-hydroxylation sites is 1. The Labute approximate surface area is 296 Å². The van der Waals surface area contributed by atoms with E-state index >= 15 is 0 Å². The van der Waals surface area contributed by atoms with Crippen molar-refractivity contribution in [2.45, 2.75) is 63.8 Å². The van der Waals surface area contributed by atoms with Crippen LogP contribution in [0.15, 0.2) is 109 Å². The van der Waals surface area contributed by atoms with Crippen molar-refractivity contribution in [1.29, 1.82) is 0 Å². The lowest BCUT2D eigenvalue weighted by atomic mass is 9.98. The van der Waals surface area contributed by atoms with Gasteiger partial charge in [-0.15, -0.1) is 0 Å². The number of aromatic nitrogens is 1. The van der Waals surface area contributed by atoms with E-state index in [1.807, 2.05) is 91.0 Å². The fourth-order valence-electron chi connectivity index (χ4n) is 6.42. The van der Waals surface area contributed by atoms with Crippen LogP contribution in [0.2, 0.25) is 0 Å². The summed E-state index contributed by atoms with van der Waals surface area (Å²) in [6.45, 7) is 3.55. The van der Waals surface area contributed by atoms with E-state index in [0.717, 1.165) is 44.3 Å². The lowest BCUT2D eigenvalue weighted by Gasteiger charge is -2.23. The summed E-state index contributed by atoms with van der Waals surface area (Å²) in [5, 5.41) is 6.38. The number of amides is 2. The van der Waals surface area contributed by atoms with Gasteiger partial charge in [0.05, 0.1) is 6.10 Å². The van der Waals surface area contributed by atoms with Gasteiger partial charge in [-0.2, -0.15) is 0 Å². The molecule has 0 spiro atoms. The predicted molar refractivity (Wildman–Crippen MR) is 193 cm³/mol. The van der Waals surface area contributed by atoms with Gasteiger partial charge >= 0.3 is 18.0 Å². The average Bonchev–Trinajstić information content (AvgIpc) is 3.70.